The lowest BCUT2D eigenvalue weighted by molar-refractivity contribution is -0.117. The van der Waals surface area contributed by atoms with Crippen molar-refractivity contribution in [1.82, 2.24) is 0 Å². The largest absolute Gasteiger partial charge is 0.446 e. The van der Waals surface area contributed by atoms with E-state index in [4.69, 9.17) is 4.74 Å². The molecule has 1 heterocycles. The number of nitrogens with zero attached hydrogens (tertiary/aromatic N) is 1. The number of anilines is 2. The van der Waals surface area contributed by atoms with E-state index in [9.17, 15) is 14.0 Å². The highest BCUT2D eigenvalue weighted by molar-refractivity contribution is 6.10. The number of nitrogens with one attached hydrogen (secondary N) is 1. The summed E-state index contributed by atoms with van der Waals surface area (Å²) in [5.41, 5.74) is 0.726. The molecule has 1 aliphatic rings. The summed E-state index contributed by atoms with van der Waals surface area (Å²) in [7, 11) is 0. The number of amides is 2. The van der Waals surface area contributed by atoms with Gasteiger partial charge >= 0.3 is 6.09 Å². The van der Waals surface area contributed by atoms with Crippen LogP contribution in [0, 0.1) is 5.82 Å². The predicted octanol–water partition coefficient (Wildman–Crippen LogP) is 2.91. The molecule has 0 fully saturated rings. The summed E-state index contributed by atoms with van der Waals surface area (Å²) < 4.78 is 18.6. The fourth-order valence-electron chi connectivity index (χ4n) is 2.16. The van der Waals surface area contributed by atoms with E-state index in [1.54, 1.807) is 20.8 Å². The molecule has 0 aromatic heterocycles. The zero-order valence-corrected chi connectivity index (χ0v) is 11.6. The van der Waals surface area contributed by atoms with Crippen molar-refractivity contribution >= 4 is 23.4 Å². The highest BCUT2D eigenvalue weighted by Crippen LogP contribution is 2.34. The average molecular weight is 280 g/mol. The monoisotopic (exact) mass is 280 g/mol. The number of fused-ring (bicyclic) bond motifs is 1. The molecule has 0 aliphatic carbocycles. The number of halogens is 1. The van der Waals surface area contributed by atoms with Crippen LogP contribution in [-0.2, 0) is 9.53 Å². The van der Waals surface area contributed by atoms with Crippen LogP contribution in [0.5, 0.6) is 0 Å². The van der Waals surface area contributed by atoms with Crippen molar-refractivity contribution in [3.05, 3.63) is 24.0 Å². The fourth-order valence-corrected chi connectivity index (χ4v) is 2.16. The Morgan fingerprint density at radius 1 is 1.50 bits per heavy atom. The molecule has 0 saturated carbocycles. The van der Waals surface area contributed by atoms with Gasteiger partial charge in [0.25, 0.3) is 0 Å². The molecular formula is C14H17FN2O3. The second-order valence-electron chi connectivity index (χ2n) is 4.88. The standard InChI is InChI=1S/C14H17FN2O3/c1-4-11-13(18)16-10-6-5-9(15)7-12(10)17(11)14(19)20-8(2)3/h5-8,11H,4H2,1-3H3,(H,16,18)/t11-/m0/s1. The summed E-state index contributed by atoms with van der Waals surface area (Å²) in [4.78, 5) is 25.4. The number of benzene rings is 1. The zero-order chi connectivity index (χ0) is 14.9. The van der Waals surface area contributed by atoms with Gasteiger partial charge in [0, 0.05) is 0 Å². The Hall–Kier alpha value is -2.11. The molecule has 1 aliphatic heterocycles. The van der Waals surface area contributed by atoms with Gasteiger partial charge in [0.2, 0.25) is 5.91 Å². The molecule has 0 bridgehead atoms. The Bertz CT molecular complexity index is 545. The average Bonchev–Trinajstić information content (AvgIpc) is 2.36. The summed E-state index contributed by atoms with van der Waals surface area (Å²) in [6.07, 6.45) is -0.551. The van der Waals surface area contributed by atoms with Crippen LogP contribution in [0.2, 0.25) is 0 Å². The number of carbonyl (C=O) groups is 2. The first-order valence-electron chi connectivity index (χ1n) is 6.54. The number of hydrogen-bond donors (Lipinski definition) is 1. The van der Waals surface area contributed by atoms with Crippen molar-refractivity contribution in [1.29, 1.82) is 0 Å². The third-order valence-corrected chi connectivity index (χ3v) is 3.01. The van der Waals surface area contributed by atoms with E-state index in [1.807, 2.05) is 0 Å². The zero-order valence-electron chi connectivity index (χ0n) is 11.6. The molecule has 0 saturated heterocycles. The summed E-state index contributed by atoms with van der Waals surface area (Å²) in [6.45, 7) is 5.22. The van der Waals surface area contributed by atoms with Gasteiger partial charge in [-0.1, -0.05) is 6.92 Å². The van der Waals surface area contributed by atoms with Gasteiger partial charge in [-0.25, -0.2) is 9.18 Å². The van der Waals surface area contributed by atoms with Crippen molar-refractivity contribution in [2.24, 2.45) is 0 Å². The molecule has 108 valence electrons. The van der Waals surface area contributed by atoms with Gasteiger partial charge in [0.05, 0.1) is 17.5 Å². The Morgan fingerprint density at radius 3 is 2.80 bits per heavy atom. The van der Waals surface area contributed by atoms with E-state index < -0.39 is 18.0 Å². The van der Waals surface area contributed by atoms with Crippen molar-refractivity contribution < 1.29 is 18.7 Å². The minimum absolute atomic E-state index is 0.299. The minimum Gasteiger partial charge on any atom is -0.446 e. The van der Waals surface area contributed by atoms with E-state index in [1.165, 1.54) is 23.1 Å². The lowest BCUT2D eigenvalue weighted by Gasteiger charge is -2.35. The molecule has 1 aromatic rings. The van der Waals surface area contributed by atoms with Crippen molar-refractivity contribution in [3.63, 3.8) is 0 Å². The second kappa shape index (κ2) is 5.48. The molecule has 0 radical (unpaired) electrons. The SMILES string of the molecule is CC[C@H]1C(=O)Nc2ccc(F)cc2N1C(=O)OC(C)C. The minimum atomic E-state index is -0.699. The smallest absolute Gasteiger partial charge is 0.415 e. The van der Waals surface area contributed by atoms with Gasteiger partial charge in [-0.3, -0.25) is 9.69 Å². The molecular weight excluding hydrogens is 263 g/mol. The lowest BCUT2D eigenvalue weighted by atomic mass is 10.1. The summed E-state index contributed by atoms with van der Waals surface area (Å²) in [6, 6.07) is 3.19. The van der Waals surface area contributed by atoms with Crippen LogP contribution >= 0.6 is 0 Å². The lowest BCUT2D eigenvalue weighted by Crippen LogP contribution is -2.51. The Kier molecular flexibility index (Phi) is 3.92. The van der Waals surface area contributed by atoms with Crippen molar-refractivity contribution in [2.45, 2.75) is 39.3 Å². The molecule has 20 heavy (non-hydrogen) atoms. The van der Waals surface area contributed by atoms with Crippen molar-refractivity contribution in [3.8, 4) is 0 Å². The van der Waals surface area contributed by atoms with Gasteiger partial charge < -0.3 is 10.1 Å². The Balaban J connectivity index is 2.46. The molecule has 1 aromatic carbocycles. The molecule has 2 amide bonds. The van der Waals surface area contributed by atoms with Gasteiger partial charge in [-0.15, -0.1) is 0 Å². The van der Waals surface area contributed by atoms with Crippen LogP contribution in [0.15, 0.2) is 18.2 Å². The van der Waals surface area contributed by atoms with E-state index in [0.29, 0.717) is 17.8 Å². The molecule has 1 atom stereocenters. The topological polar surface area (TPSA) is 58.6 Å². The van der Waals surface area contributed by atoms with Crippen LogP contribution in [-0.4, -0.2) is 24.1 Å². The first-order valence-corrected chi connectivity index (χ1v) is 6.54. The van der Waals surface area contributed by atoms with Gasteiger partial charge in [-0.2, -0.15) is 0 Å². The molecule has 5 nitrogen and oxygen atoms in total. The van der Waals surface area contributed by atoms with Crippen LogP contribution in [0.4, 0.5) is 20.6 Å². The van der Waals surface area contributed by atoms with Crippen LogP contribution in [0.3, 0.4) is 0 Å². The van der Waals surface area contributed by atoms with Crippen LogP contribution in [0.25, 0.3) is 0 Å². The maximum atomic E-state index is 13.4. The Labute approximate surface area is 116 Å². The molecule has 0 spiro atoms. The molecule has 2 rings (SSSR count). The number of carbonyl (C=O) groups excluding carboxylic acids is 2. The molecule has 0 unspecified atom stereocenters. The number of rotatable bonds is 2. The highest BCUT2D eigenvalue weighted by Gasteiger charge is 2.37. The third-order valence-electron chi connectivity index (χ3n) is 3.01. The first kappa shape index (κ1) is 14.3. The van der Waals surface area contributed by atoms with Crippen LogP contribution in [0.1, 0.15) is 27.2 Å². The van der Waals surface area contributed by atoms with E-state index in [-0.39, 0.29) is 12.0 Å². The summed E-state index contributed by atoms with van der Waals surface area (Å²) in [5, 5.41) is 2.67. The maximum absolute atomic E-state index is 13.4. The van der Waals surface area contributed by atoms with E-state index in [2.05, 4.69) is 5.32 Å². The van der Waals surface area contributed by atoms with Gasteiger partial charge in [0.15, 0.2) is 0 Å². The normalized spacial score (nSPS) is 17.8. The maximum Gasteiger partial charge on any atom is 0.415 e. The molecule has 1 N–H and O–H groups in total. The van der Waals surface area contributed by atoms with Gasteiger partial charge in [-0.05, 0) is 38.5 Å². The summed E-state index contributed by atoms with van der Waals surface area (Å²) >= 11 is 0. The fraction of sp³-hybridized carbons (Fsp3) is 0.429. The van der Waals surface area contributed by atoms with Crippen LogP contribution < -0.4 is 10.2 Å². The summed E-state index contributed by atoms with van der Waals surface area (Å²) in [5.74, 6) is -0.774. The van der Waals surface area contributed by atoms with E-state index >= 15 is 0 Å². The Morgan fingerprint density at radius 2 is 2.20 bits per heavy atom. The number of hydrogen-bond acceptors (Lipinski definition) is 3. The van der Waals surface area contributed by atoms with Gasteiger partial charge in [0.1, 0.15) is 11.9 Å². The van der Waals surface area contributed by atoms with Crippen molar-refractivity contribution in [2.75, 3.05) is 10.2 Å². The highest BCUT2D eigenvalue weighted by atomic mass is 19.1. The quantitative estimate of drug-likeness (QED) is 0.906. The second-order valence-corrected chi connectivity index (χ2v) is 4.88. The first-order chi connectivity index (χ1) is 9.43. The molecule has 6 heteroatoms. The third kappa shape index (κ3) is 2.59. The van der Waals surface area contributed by atoms with E-state index in [0.717, 1.165) is 0 Å². The predicted molar refractivity (Wildman–Crippen MR) is 73.2 cm³/mol. The number of ether oxygens (including phenoxy) is 1.